The molecule has 0 amide bonds. The van der Waals surface area contributed by atoms with Crippen LogP contribution in [0, 0.1) is 24.7 Å². The van der Waals surface area contributed by atoms with Crippen LogP contribution in [0.25, 0.3) is 0 Å². The van der Waals surface area contributed by atoms with Gasteiger partial charge in [0, 0.05) is 11.9 Å². The van der Waals surface area contributed by atoms with E-state index in [1.54, 1.807) is 0 Å². The van der Waals surface area contributed by atoms with E-state index in [4.69, 9.17) is 0 Å². The van der Waals surface area contributed by atoms with Crippen molar-refractivity contribution in [3.63, 3.8) is 0 Å². The Labute approximate surface area is 144 Å². The van der Waals surface area contributed by atoms with Gasteiger partial charge in [-0.05, 0) is 12.1 Å². The fourth-order valence-electron chi connectivity index (χ4n) is 2.01. The molecule has 0 aliphatic carbocycles. The van der Waals surface area contributed by atoms with Gasteiger partial charge in [-0.25, -0.2) is 0 Å². The summed E-state index contributed by atoms with van der Waals surface area (Å²) in [5, 5.41) is 0. The fourth-order valence-corrected chi connectivity index (χ4v) is 2.01. The number of hydrogen-bond donors (Lipinski definition) is 1. The van der Waals surface area contributed by atoms with E-state index in [2.05, 4.69) is 57.7 Å². The van der Waals surface area contributed by atoms with E-state index in [1.807, 2.05) is 6.20 Å². The van der Waals surface area contributed by atoms with Gasteiger partial charge >= 0.3 is 21.7 Å². The number of rotatable bonds is 5. The molecule has 0 saturated carbocycles. The molecule has 0 saturated heterocycles. The molecule has 3 nitrogen and oxygen atoms in total. The molecule has 1 aromatic heterocycles. The third-order valence-corrected chi connectivity index (χ3v) is 3.17. The second kappa shape index (κ2) is 16.5. The molecule has 1 heterocycles. The van der Waals surface area contributed by atoms with Gasteiger partial charge < -0.3 is 53.6 Å². The molecule has 0 aromatic carbocycles. The van der Waals surface area contributed by atoms with Crippen molar-refractivity contribution < 1.29 is 57.5 Å². The van der Waals surface area contributed by atoms with Gasteiger partial charge in [-0.2, -0.15) is 25.7 Å². The van der Waals surface area contributed by atoms with Crippen LogP contribution in [0.3, 0.4) is 0 Å². The number of H-pyrrole nitrogens is 1. The largest absolute Gasteiger partial charge is 4.00 e. The summed E-state index contributed by atoms with van der Waals surface area (Å²) in [6.07, 6.45) is 6.57. The standard InChI is InChI=1S/C13H21N.2ClH.2H2O.Ti/c1-5-10(3)13(11(4)6-2)12-8-7-9-14-12;;;;;/h5-11,13-14H,1-4H3;2*1H;2*1H2;/q-2;;;;;+4/p-2. The molecule has 6 heteroatoms. The van der Waals surface area contributed by atoms with Gasteiger partial charge in [0.15, 0.2) is 0 Å². The fraction of sp³-hybridized carbons (Fsp3) is 0.538. The van der Waals surface area contributed by atoms with Crippen molar-refractivity contribution in [3.05, 3.63) is 36.9 Å². The summed E-state index contributed by atoms with van der Waals surface area (Å²) in [4.78, 5) is 3.33. The van der Waals surface area contributed by atoms with Crippen LogP contribution >= 0.6 is 0 Å². The first-order valence-corrected chi connectivity index (χ1v) is 5.43. The first-order valence-electron chi connectivity index (χ1n) is 5.43. The molecule has 0 radical (unpaired) electrons. The van der Waals surface area contributed by atoms with Crippen molar-refractivity contribution in [2.45, 2.75) is 33.6 Å². The van der Waals surface area contributed by atoms with E-state index in [0.29, 0.717) is 17.8 Å². The minimum atomic E-state index is 0. The third kappa shape index (κ3) is 9.12. The molecular weight excluding hydrogens is 321 g/mol. The minimum Gasteiger partial charge on any atom is -1.00 e. The molecular formula is C13H25Cl2NO2Ti. The Morgan fingerprint density at radius 2 is 1.42 bits per heavy atom. The summed E-state index contributed by atoms with van der Waals surface area (Å²) in [7, 11) is 0. The van der Waals surface area contributed by atoms with Crippen molar-refractivity contribution in [1.29, 1.82) is 0 Å². The summed E-state index contributed by atoms with van der Waals surface area (Å²) < 4.78 is 0. The summed E-state index contributed by atoms with van der Waals surface area (Å²) in [5.41, 5.74) is 1.35. The van der Waals surface area contributed by atoms with Crippen LogP contribution in [0.2, 0.25) is 0 Å². The Morgan fingerprint density at radius 3 is 1.68 bits per heavy atom. The van der Waals surface area contributed by atoms with Crippen LogP contribution in [-0.4, -0.2) is 15.9 Å². The van der Waals surface area contributed by atoms with Crippen LogP contribution in [0.5, 0.6) is 0 Å². The zero-order valence-electron chi connectivity index (χ0n) is 11.9. The van der Waals surface area contributed by atoms with Crippen LogP contribution in [0.1, 0.15) is 39.3 Å². The average molecular weight is 346 g/mol. The van der Waals surface area contributed by atoms with E-state index >= 15 is 0 Å². The Hall–Kier alpha value is 0.494. The zero-order valence-corrected chi connectivity index (χ0v) is 14.9. The maximum Gasteiger partial charge on any atom is 4.00 e. The molecule has 2 unspecified atom stereocenters. The van der Waals surface area contributed by atoms with Crippen LogP contribution in [0.4, 0.5) is 0 Å². The summed E-state index contributed by atoms with van der Waals surface area (Å²) in [5.74, 6) is 1.81. The number of hydrogen-bond acceptors (Lipinski definition) is 0. The first-order chi connectivity index (χ1) is 6.70. The second-order valence-electron chi connectivity index (χ2n) is 4.04. The Morgan fingerprint density at radius 1 is 1.00 bits per heavy atom. The molecule has 0 bridgehead atoms. The number of nitrogens with one attached hydrogen (secondary N) is 1. The smallest absolute Gasteiger partial charge is 1.00 e. The van der Waals surface area contributed by atoms with E-state index in [1.165, 1.54) is 5.69 Å². The van der Waals surface area contributed by atoms with E-state index < -0.39 is 0 Å². The van der Waals surface area contributed by atoms with Gasteiger partial charge in [0.05, 0.1) is 0 Å². The molecule has 2 atom stereocenters. The van der Waals surface area contributed by atoms with Gasteiger partial charge in [-0.1, -0.05) is 19.8 Å². The maximum atomic E-state index is 3.33. The third-order valence-electron chi connectivity index (χ3n) is 3.17. The van der Waals surface area contributed by atoms with Gasteiger partial charge in [0.2, 0.25) is 0 Å². The molecule has 1 rings (SSSR count). The Bertz CT molecular complexity index is 251. The maximum absolute atomic E-state index is 3.33. The molecule has 0 spiro atoms. The molecule has 1 aromatic rings. The quantitative estimate of drug-likeness (QED) is 0.419. The predicted octanol–water partition coefficient (Wildman–Crippen LogP) is -3.83. The van der Waals surface area contributed by atoms with Crippen molar-refractivity contribution >= 4 is 0 Å². The van der Waals surface area contributed by atoms with Gasteiger partial charge in [-0.15, -0.1) is 0 Å². The van der Waals surface area contributed by atoms with Crippen LogP contribution in [-0.2, 0) is 21.7 Å². The zero-order chi connectivity index (χ0) is 10.6. The number of aromatic amines is 1. The topological polar surface area (TPSA) is 78.8 Å². The summed E-state index contributed by atoms with van der Waals surface area (Å²) in [6.45, 7) is 8.85. The molecule has 112 valence electrons. The van der Waals surface area contributed by atoms with Crippen LogP contribution < -0.4 is 24.8 Å². The van der Waals surface area contributed by atoms with E-state index in [-0.39, 0.29) is 57.5 Å². The Balaban J connectivity index is -0.000000131. The molecule has 0 aliphatic rings. The van der Waals surface area contributed by atoms with E-state index in [9.17, 15) is 0 Å². The van der Waals surface area contributed by atoms with Gasteiger partial charge in [-0.3, -0.25) is 0 Å². The predicted molar refractivity (Wildman–Crippen MR) is 69.0 cm³/mol. The van der Waals surface area contributed by atoms with Crippen molar-refractivity contribution in [1.82, 2.24) is 4.98 Å². The van der Waals surface area contributed by atoms with Gasteiger partial charge in [0.25, 0.3) is 0 Å². The monoisotopic (exact) mass is 345 g/mol. The minimum absolute atomic E-state index is 0. The Kier molecular flexibility index (Phi) is 27.6. The normalized spacial score (nSPS) is 13.1. The molecule has 19 heavy (non-hydrogen) atoms. The van der Waals surface area contributed by atoms with Crippen molar-refractivity contribution in [3.8, 4) is 0 Å². The molecule has 0 aliphatic heterocycles. The first kappa shape index (κ1) is 31.7. The molecule has 5 N–H and O–H groups in total. The summed E-state index contributed by atoms with van der Waals surface area (Å²) in [6, 6.07) is 4.26. The average Bonchev–Trinajstić information content (AvgIpc) is 2.70. The SMILES string of the molecule is C[CH-]C(C)C(c1ccc[nH]1)C(C)[CH-]C.O.O.[Cl-].[Cl-].[Ti+4]. The van der Waals surface area contributed by atoms with Gasteiger partial charge in [0.1, 0.15) is 0 Å². The second-order valence-corrected chi connectivity index (χ2v) is 4.04. The number of aromatic nitrogens is 1. The van der Waals surface area contributed by atoms with Crippen molar-refractivity contribution in [2.75, 3.05) is 0 Å². The molecule has 0 fully saturated rings. The number of halogens is 2. The summed E-state index contributed by atoms with van der Waals surface area (Å²) >= 11 is 0. The van der Waals surface area contributed by atoms with Crippen molar-refractivity contribution in [2.24, 2.45) is 11.8 Å². The van der Waals surface area contributed by atoms with E-state index in [0.717, 1.165) is 0 Å². The van der Waals surface area contributed by atoms with Crippen LogP contribution in [0.15, 0.2) is 18.3 Å².